The van der Waals surface area contributed by atoms with Crippen molar-refractivity contribution in [1.29, 1.82) is 0 Å². The van der Waals surface area contributed by atoms with Gasteiger partial charge in [-0.2, -0.15) is 0 Å². The molecule has 2 amide bonds. The number of aromatic nitrogens is 1. The molecule has 5 rings (SSSR count). The molecule has 33 heavy (non-hydrogen) atoms. The summed E-state index contributed by atoms with van der Waals surface area (Å²) in [4.78, 5) is 17.2. The lowest BCUT2D eigenvalue weighted by atomic mass is 9.95. The van der Waals surface area contributed by atoms with E-state index in [4.69, 9.17) is 21.1 Å². The topological polar surface area (TPSA) is 55.7 Å². The summed E-state index contributed by atoms with van der Waals surface area (Å²) < 4.78 is 13.1. The normalized spacial score (nSPS) is 17.0. The molecule has 0 fully saturated rings. The first-order valence-corrected chi connectivity index (χ1v) is 12.5. The standard InChI is InChI=1S/C25H28ClN3O3S/c1-4-19-20-9-7-11-28(20)24-16(15-8-5-6-10-23(15)33-24)14-29(19)25(30)27-18-12-17(26)21(31-2)13-22(18)32-3/h7,9,11-13,19H,4-6,8,10,14H2,1-3H3,(H,27,30)/t19-/m0/s1. The quantitative estimate of drug-likeness (QED) is 0.453. The van der Waals surface area contributed by atoms with Crippen LogP contribution >= 0.6 is 22.9 Å². The van der Waals surface area contributed by atoms with Crippen LogP contribution in [0.1, 0.15) is 53.9 Å². The number of ether oxygens (including phenoxy) is 2. The number of aryl methyl sites for hydroxylation is 1. The van der Waals surface area contributed by atoms with Crippen molar-refractivity contribution in [2.45, 2.75) is 51.6 Å². The van der Waals surface area contributed by atoms with Crippen LogP contribution in [0.25, 0.3) is 5.00 Å². The van der Waals surface area contributed by atoms with E-state index in [0.29, 0.717) is 28.8 Å². The zero-order chi connectivity index (χ0) is 23.1. The number of rotatable bonds is 4. The molecule has 1 aliphatic heterocycles. The average Bonchev–Trinajstić information content (AvgIpc) is 3.41. The van der Waals surface area contributed by atoms with Crippen molar-refractivity contribution in [2.24, 2.45) is 0 Å². The average molecular weight is 486 g/mol. The molecule has 8 heteroatoms. The van der Waals surface area contributed by atoms with Gasteiger partial charge in [0, 0.05) is 28.4 Å². The van der Waals surface area contributed by atoms with Crippen LogP contribution in [0.3, 0.4) is 0 Å². The predicted octanol–water partition coefficient (Wildman–Crippen LogP) is 6.59. The minimum absolute atomic E-state index is 0.0430. The van der Waals surface area contributed by atoms with Crippen LogP contribution in [0.15, 0.2) is 30.5 Å². The van der Waals surface area contributed by atoms with Gasteiger partial charge in [0.1, 0.15) is 16.5 Å². The van der Waals surface area contributed by atoms with E-state index < -0.39 is 0 Å². The largest absolute Gasteiger partial charge is 0.495 e. The molecule has 6 nitrogen and oxygen atoms in total. The van der Waals surface area contributed by atoms with Crippen molar-refractivity contribution in [3.05, 3.63) is 57.2 Å². The molecular formula is C25H28ClN3O3S. The fraction of sp³-hybridized carbons (Fsp3) is 0.400. The lowest BCUT2D eigenvalue weighted by Crippen LogP contribution is -2.37. The van der Waals surface area contributed by atoms with Gasteiger partial charge in [-0.3, -0.25) is 0 Å². The van der Waals surface area contributed by atoms with Crippen molar-refractivity contribution in [2.75, 3.05) is 19.5 Å². The molecule has 3 heterocycles. The maximum Gasteiger partial charge on any atom is 0.322 e. The smallest absolute Gasteiger partial charge is 0.322 e. The summed E-state index contributed by atoms with van der Waals surface area (Å²) in [5.74, 6) is 1.00. The summed E-state index contributed by atoms with van der Waals surface area (Å²) in [6.07, 6.45) is 7.62. The van der Waals surface area contributed by atoms with Crippen LogP contribution in [0.5, 0.6) is 11.5 Å². The first-order valence-electron chi connectivity index (χ1n) is 11.4. The molecule has 3 aromatic rings. The van der Waals surface area contributed by atoms with Gasteiger partial charge in [0.25, 0.3) is 0 Å². The molecule has 174 valence electrons. The van der Waals surface area contributed by atoms with Gasteiger partial charge in [-0.05, 0) is 55.9 Å². The van der Waals surface area contributed by atoms with Gasteiger partial charge in [-0.25, -0.2) is 4.79 Å². The lowest BCUT2D eigenvalue weighted by Gasteiger charge is -2.30. The van der Waals surface area contributed by atoms with Crippen LogP contribution in [0, 0.1) is 0 Å². The van der Waals surface area contributed by atoms with E-state index in [0.717, 1.165) is 25.0 Å². The van der Waals surface area contributed by atoms with E-state index in [1.54, 1.807) is 26.4 Å². The number of anilines is 1. The summed E-state index contributed by atoms with van der Waals surface area (Å²) in [5.41, 5.74) is 4.40. The number of hydrogen-bond acceptors (Lipinski definition) is 4. The van der Waals surface area contributed by atoms with Crippen molar-refractivity contribution >= 4 is 34.7 Å². The number of benzene rings is 1. The molecular weight excluding hydrogens is 458 g/mol. The van der Waals surface area contributed by atoms with Crippen LogP contribution in [0.4, 0.5) is 10.5 Å². The zero-order valence-electron chi connectivity index (χ0n) is 19.1. The fourth-order valence-electron chi connectivity index (χ4n) is 5.05. The Balaban J connectivity index is 1.55. The third kappa shape index (κ3) is 3.77. The molecule has 0 radical (unpaired) electrons. The van der Waals surface area contributed by atoms with Crippen molar-refractivity contribution in [1.82, 2.24) is 9.47 Å². The van der Waals surface area contributed by atoms with E-state index in [9.17, 15) is 4.79 Å². The van der Waals surface area contributed by atoms with Crippen molar-refractivity contribution in [3.63, 3.8) is 0 Å². The van der Waals surface area contributed by atoms with Gasteiger partial charge in [-0.15, -0.1) is 11.3 Å². The van der Waals surface area contributed by atoms with Gasteiger partial charge in [0.05, 0.1) is 37.5 Å². The van der Waals surface area contributed by atoms with Crippen molar-refractivity contribution in [3.8, 4) is 16.5 Å². The Hall–Kier alpha value is -2.64. The number of nitrogens with zero attached hydrogens (tertiary/aromatic N) is 2. The number of carbonyl (C=O) groups excluding carboxylic acids is 1. The molecule has 0 saturated heterocycles. The maximum absolute atomic E-state index is 13.7. The third-order valence-corrected chi connectivity index (χ3v) is 8.30. The number of hydrogen-bond donors (Lipinski definition) is 1. The highest BCUT2D eigenvalue weighted by molar-refractivity contribution is 7.15. The van der Waals surface area contributed by atoms with Crippen LogP contribution in [0.2, 0.25) is 5.02 Å². The number of urea groups is 1. The van der Waals surface area contributed by atoms with E-state index >= 15 is 0 Å². The number of halogens is 1. The van der Waals surface area contributed by atoms with Gasteiger partial charge >= 0.3 is 6.03 Å². The number of amides is 2. The Kier molecular flexibility index (Phi) is 6.01. The number of nitrogens with one attached hydrogen (secondary N) is 1. The molecule has 1 N–H and O–H groups in total. The van der Waals surface area contributed by atoms with E-state index in [1.165, 1.54) is 33.8 Å². The van der Waals surface area contributed by atoms with E-state index in [1.807, 2.05) is 16.2 Å². The molecule has 1 aliphatic carbocycles. The van der Waals surface area contributed by atoms with Crippen LogP contribution in [-0.4, -0.2) is 29.7 Å². The minimum atomic E-state index is -0.169. The second-order valence-corrected chi connectivity index (χ2v) is 9.96. The second kappa shape index (κ2) is 8.95. The highest BCUT2D eigenvalue weighted by Gasteiger charge is 2.34. The Morgan fingerprint density at radius 2 is 1.97 bits per heavy atom. The van der Waals surface area contributed by atoms with E-state index in [-0.39, 0.29) is 12.1 Å². The van der Waals surface area contributed by atoms with Gasteiger partial charge in [-0.1, -0.05) is 18.5 Å². The molecule has 1 atom stereocenters. The van der Waals surface area contributed by atoms with Crippen LogP contribution < -0.4 is 14.8 Å². The molecule has 2 aliphatic rings. The second-order valence-electron chi connectivity index (χ2n) is 8.47. The summed E-state index contributed by atoms with van der Waals surface area (Å²) >= 11 is 8.24. The van der Waals surface area contributed by atoms with Gasteiger partial charge < -0.3 is 24.3 Å². The van der Waals surface area contributed by atoms with Gasteiger partial charge in [0.15, 0.2) is 0 Å². The molecule has 0 saturated carbocycles. The Morgan fingerprint density at radius 1 is 1.18 bits per heavy atom. The Morgan fingerprint density at radius 3 is 2.73 bits per heavy atom. The lowest BCUT2D eigenvalue weighted by molar-refractivity contribution is 0.181. The minimum Gasteiger partial charge on any atom is -0.495 e. The summed E-state index contributed by atoms with van der Waals surface area (Å²) in [7, 11) is 3.12. The monoisotopic (exact) mass is 485 g/mol. The number of thiophene rings is 1. The number of methoxy groups -OCH3 is 2. The molecule has 0 unspecified atom stereocenters. The maximum atomic E-state index is 13.7. The predicted molar refractivity (Wildman–Crippen MR) is 132 cm³/mol. The number of fused-ring (bicyclic) bond motifs is 5. The van der Waals surface area contributed by atoms with E-state index in [2.05, 4.69) is 35.1 Å². The first-order chi connectivity index (χ1) is 16.0. The summed E-state index contributed by atoms with van der Waals surface area (Å²) in [6, 6.07) is 7.37. The molecule has 0 spiro atoms. The highest BCUT2D eigenvalue weighted by Crippen LogP contribution is 2.43. The Bertz CT molecular complexity index is 1200. The third-order valence-electron chi connectivity index (χ3n) is 6.67. The molecule has 2 aromatic heterocycles. The fourth-order valence-corrected chi connectivity index (χ4v) is 6.70. The molecule has 1 aromatic carbocycles. The summed E-state index contributed by atoms with van der Waals surface area (Å²) in [5, 5.41) is 4.74. The van der Waals surface area contributed by atoms with Crippen molar-refractivity contribution < 1.29 is 14.3 Å². The van der Waals surface area contributed by atoms with Gasteiger partial charge in [0.2, 0.25) is 0 Å². The number of carbonyl (C=O) groups is 1. The summed E-state index contributed by atoms with van der Waals surface area (Å²) in [6.45, 7) is 2.71. The Labute approximate surface area is 203 Å². The SMILES string of the molecule is CC[C@H]1c2cccn2-c2sc3c(c2CN1C(=O)Nc1cc(Cl)c(OC)cc1OC)CCCC3. The van der Waals surface area contributed by atoms with Crippen LogP contribution in [-0.2, 0) is 19.4 Å². The molecule has 0 bridgehead atoms. The highest BCUT2D eigenvalue weighted by atomic mass is 35.5. The zero-order valence-corrected chi connectivity index (χ0v) is 20.7. The first kappa shape index (κ1) is 22.2.